The maximum atomic E-state index is 12.8. The van der Waals surface area contributed by atoms with Gasteiger partial charge in [-0.15, -0.1) is 11.3 Å². The van der Waals surface area contributed by atoms with Crippen LogP contribution in [0.2, 0.25) is 0 Å². The number of hydrogen-bond donors (Lipinski definition) is 0. The van der Waals surface area contributed by atoms with E-state index < -0.39 is 0 Å². The summed E-state index contributed by atoms with van der Waals surface area (Å²) in [5, 5.41) is 1.80. The third kappa shape index (κ3) is 4.59. The summed E-state index contributed by atoms with van der Waals surface area (Å²) in [7, 11) is 1.89. The molecule has 1 fully saturated rings. The molecule has 0 radical (unpaired) electrons. The zero-order chi connectivity index (χ0) is 18.5. The number of Topliss-reactive ketones (excluding diaryl/α,β-unsaturated/α-hetero) is 1. The molecule has 0 bridgehead atoms. The molecule has 1 amide bonds. The number of benzene rings is 1. The van der Waals surface area contributed by atoms with Crippen molar-refractivity contribution < 1.29 is 9.59 Å². The van der Waals surface area contributed by atoms with Crippen molar-refractivity contribution in [2.75, 3.05) is 26.7 Å². The second-order valence-electron chi connectivity index (χ2n) is 7.00. The van der Waals surface area contributed by atoms with Gasteiger partial charge in [-0.1, -0.05) is 30.3 Å². The van der Waals surface area contributed by atoms with Crippen LogP contribution in [0, 0.1) is 0 Å². The Bertz CT molecular complexity index is 756. The van der Waals surface area contributed by atoms with E-state index in [4.69, 9.17) is 0 Å². The number of amides is 1. The Labute approximate surface area is 159 Å². The molecule has 1 aromatic heterocycles. The van der Waals surface area contributed by atoms with Crippen LogP contribution >= 0.6 is 11.3 Å². The fourth-order valence-electron chi connectivity index (χ4n) is 3.48. The zero-order valence-corrected chi connectivity index (χ0v) is 16.3. The second kappa shape index (κ2) is 8.60. The lowest BCUT2D eigenvalue weighted by Gasteiger charge is -2.37. The predicted octanol–water partition coefficient (Wildman–Crippen LogP) is 3.73. The molecule has 1 atom stereocenters. The molecular weight excluding hydrogens is 344 g/mol. The van der Waals surface area contributed by atoms with Crippen molar-refractivity contribution in [2.45, 2.75) is 32.2 Å². The summed E-state index contributed by atoms with van der Waals surface area (Å²) in [6.07, 6.45) is 3.19. The van der Waals surface area contributed by atoms with Crippen molar-refractivity contribution in [1.82, 2.24) is 9.80 Å². The molecule has 1 aliphatic heterocycles. The zero-order valence-electron chi connectivity index (χ0n) is 15.5. The maximum absolute atomic E-state index is 12.8. The highest BCUT2D eigenvalue weighted by Gasteiger charge is 2.27. The molecule has 1 unspecified atom stereocenters. The van der Waals surface area contributed by atoms with Crippen LogP contribution in [0.25, 0.3) is 0 Å². The molecule has 26 heavy (non-hydrogen) atoms. The number of carbonyl (C=O) groups is 2. The van der Waals surface area contributed by atoms with Gasteiger partial charge in [-0.3, -0.25) is 9.59 Å². The second-order valence-corrected chi connectivity index (χ2v) is 7.92. The van der Waals surface area contributed by atoms with Crippen molar-refractivity contribution in [3.05, 3.63) is 57.8 Å². The molecule has 1 aliphatic rings. The first-order valence-corrected chi connectivity index (χ1v) is 10.1. The van der Waals surface area contributed by atoms with Crippen LogP contribution in [0.1, 0.15) is 45.4 Å². The Morgan fingerprint density at radius 2 is 2.04 bits per heavy atom. The first-order valence-electron chi connectivity index (χ1n) is 9.17. The summed E-state index contributed by atoms with van der Waals surface area (Å²) >= 11 is 1.35. The van der Waals surface area contributed by atoms with Gasteiger partial charge in [0.05, 0.1) is 10.4 Å². The lowest BCUT2D eigenvalue weighted by molar-refractivity contribution is 0.0620. The lowest BCUT2D eigenvalue weighted by Crippen LogP contribution is -2.48. The van der Waals surface area contributed by atoms with Gasteiger partial charge in [0.2, 0.25) is 0 Å². The van der Waals surface area contributed by atoms with E-state index in [-0.39, 0.29) is 17.7 Å². The van der Waals surface area contributed by atoms with Gasteiger partial charge in [0.25, 0.3) is 5.91 Å². The molecule has 0 aliphatic carbocycles. The first kappa shape index (κ1) is 18.8. The number of carbonyl (C=O) groups excluding carboxylic acids is 2. The van der Waals surface area contributed by atoms with Gasteiger partial charge >= 0.3 is 0 Å². The molecule has 138 valence electrons. The molecule has 5 heteroatoms. The molecule has 0 N–H and O–H groups in total. The highest BCUT2D eigenvalue weighted by atomic mass is 32.1. The van der Waals surface area contributed by atoms with Crippen LogP contribution in [0.4, 0.5) is 0 Å². The van der Waals surface area contributed by atoms with Gasteiger partial charge in [-0.25, -0.2) is 0 Å². The summed E-state index contributed by atoms with van der Waals surface area (Å²) in [5.41, 5.74) is 1.98. The van der Waals surface area contributed by atoms with Crippen LogP contribution < -0.4 is 0 Å². The molecule has 3 rings (SSSR count). The highest BCUT2D eigenvalue weighted by Crippen LogP contribution is 2.21. The summed E-state index contributed by atoms with van der Waals surface area (Å²) < 4.78 is 0. The van der Waals surface area contributed by atoms with Crippen molar-refractivity contribution in [2.24, 2.45) is 0 Å². The molecular formula is C21H26N2O2S. The molecule has 0 saturated carbocycles. The van der Waals surface area contributed by atoms with E-state index in [1.54, 1.807) is 11.4 Å². The minimum absolute atomic E-state index is 0.0152. The molecule has 1 aromatic carbocycles. The summed E-state index contributed by atoms with van der Waals surface area (Å²) in [5.74, 6) is 0.0325. The van der Waals surface area contributed by atoms with E-state index in [1.807, 2.05) is 18.0 Å². The fourth-order valence-corrected chi connectivity index (χ4v) is 4.27. The Balaban J connectivity index is 1.57. The van der Waals surface area contributed by atoms with Gasteiger partial charge in [-0.05, 0) is 44.4 Å². The fraction of sp³-hybridized carbons (Fsp3) is 0.429. The van der Waals surface area contributed by atoms with Gasteiger partial charge in [0.15, 0.2) is 5.78 Å². The molecule has 4 nitrogen and oxygen atoms in total. The van der Waals surface area contributed by atoms with Crippen molar-refractivity contribution in [1.29, 1.82) is 0 Å². The van der Waals surface area contributed by atoms with Crippen LogP contribution in [0.5, 0.6) is 0 Å². The third-order valence-electron chi connectivity index (χ3n) is 5.10. The van der Waals surface area contributed by atoms with Crippen LogP contribution in [0.15, 0.2) is 41.8 Å². The molecule has 1 saturated heterocycles. The number of likely N-dealkylation sites (tertiary alicyclic amines) is 1. The van der Waals surface area contributed by atoms with Crippen molar-refractivity contribution in [3.63, 3.8) is 0 Å². The Morgan fingerprint density at radius 1 is 1.27 bits per heavy atom. The molecule has 2 aromatic rings. The first-order chi connectivity index (χ1) is 12.5. The van der Waals surface area contributed by atoms with Gasteiger partial charge < -0.3 is 9.80 Å². The number of nitrogens with zero attached hydrogens (tertiary/aromatic N) is 2. The quantitative estimate of drug-likeness (QED) is 0.728. The summed E-state index contributed by atoms with van der Waals surface area (Å²) in [6.45, 7) is 4.57. The number of thiophene rings is 1. The van der Waals surface area contributed by atoms with Crippen molar-refractivity contribution >= 4 is 23.0 Å². The Morgan fingerprint density at radius 3 is 2.73 bits per heavy atom. The van der Waals surface area contributed by atoms with Gasteiger partial charge in [-0.2, -0.15) is 0 Å². The normalized spacial score (nSPS) is 17.8. The standard InChI is InChI=1S/C21H26N2O2S/c1-16(24)20-13-18(15-26-20)21(25)22(2)19-9-6-11-23(14-19)12-10-17-7-4-3-5-8-17/h3-5,7-8,13,15,19H,6,9-12,14H2,1-2H3. The van der Waals surface area contributed by atoms with E-state index in [2.05, 4.69) is 29.2 Å². The maximum Gasteiger partial charge on any atom is 0.254 e. The van der Waals surface area contributed by atoms with Gasteiger partial charge in [0, 0.05) is 31.6 Å². The van der Waals surface area contributed by atoms with Gasteiger partial charge in [0.1, 0.15) is 0 Å². The number of likely N-dealkylation sites (N-methyl/N-ethyl adjacent to an activating group) is 1. The SMILES string of the molecule is CC(=O)c1cc(C(=O)N(C)C2CCCN(CCc3ccccc3)C2)cs1. The summed E-state index contributed by atoms with van der Waals surface area (Å²) in [4.78, 5) is 29.2. The highest BCUT2D eigenvalue weighted by molar-refractivity contribution is 7.12. The van der Waals surface area contributed by atoms with Crippen molar-refractivity contribution in [3.8, 4) is 0 Å². The van der Waals surface area contributed by atoms with E-state index in [9.17, 15) is 9.59 Å². The van der Waals surface area contributed by atoms with E-state index in [0.29, 0.717) is 10.4 Å². The Kier molecular flexibility index (Phi) is 6.22. The lowest BCUT2D eigenvalue weighted by atomic mass is 10.0. The average molecular weight is 371 g/mol. The van der Waals surface area contributed by atoms with Crippen LogP contribution in [0.3, 0.4) is 0 Å². The minimum atomic E-state index is 0.0152. The number of ketones is 1. The number of hydrogen-bond acceptors (Lipinski definition) is 4. The molecule has 2 heterocycles. The number of rotatable bonds is 6. The Hall–Kier alpha value is -1.98. The largest absolute Gasteiger partial charge is 0.337 e. The smallest absolute Gasteiger partial charge is 0.254 e. The van der Waals surface area contributed by atoms with E-state index in [0.717, 1.165) is 38.9 Å². The monoisotopic (exact) mass is 370 g/mol. The van der Waals surface area contributed by atoms with E-state index >= 15 is 0 Å². The van der Waals surface area contributed by atoms with Crippen LogP contribution in [-0.2, 0) is 6.42 Å². The van der Waals surface area contributed by atoms with E-state index in [1.165, 1.54) is 23.8 Å². The minimum Gasteiger partial charge on any atom is -0.337 e. The topological polar surface area (TPSA) is 40.6 Å². The average Bonchev–Trinajstić information content (AvgIpc) is 3.17. The third-order valence-corrected chi connectivity index (χ3v) is 6.13. The predicted molar refractivity (Wildman–Crippen MR) is 106 cm³/mol. The van der Waals surface area contributed by atoms with Crippen LogP contribution in [-0.4, -0.2) is 54.2 Å². The number of piperidine rings is 1. The molecule has 0 spiro atoms. The summed E-state index contributed by atoms with van der Waals surface area (Å²) in [6, 6.07) is 12.5.